The summed E-state index contributed by atoms with van der Waals surface area (Å²) in [5, 5.41) is 3.72. The molecule has 0 aliphatic heterocycles. The van der Waals surface area contributed by atoms with Crippen LogP contribution >= 0.6 is 0 Å². The number of likely N-dealkylation sites (N-methyl/N-ethyl adjacent to an activating group) is 1. The highest BCUT2D eigenvalue weighted by molar-refractivity contribution is 4.77. The Hall–Kier alpha value is -0.0800. The van der Waals surface area contributed by atoms with Gasteiger partial charge in [-0.1, -0.05) is 46.0 Å². The molecule has 1 N–H and O–H groups in total. The van der Waals surface area contributed by atoms with Gasteiger partial charge in [0.05, 0.1) is 0 Å². The third-order valence-electron chi connectivity index (χ3n) is 3.50. The van der Waals surface area contributed by atoms with E-state index in [1.165, 1.54) is 45.1 Å². The highest BCUT2D eigenvalue weighted by Crippen LogP contribution is 2.27. The normalized spacial score (nSPS) is 20.6. The molecule has 16 heavy (non-hydrogen) atoms. The van der Waals surface area contributed by atoms with E-state index in [0.29, 0.717) is 12.1 Å². The van der Waals surface area contributed by atoms with E-state index in [-0.39, 0.29) is 0 Å². The van der Waals surface area contributed by atoms with Crippen LogP contribution in [0.1, 0.15) is 52.4 Å². The first kappa shape index (κ1) is 14.0. The zero-order chi connectivity index (χ0) is 12.0. The summed E-state index contributed by atoms with van der Waals surface area (Å²) in [4.78, 5) is 2.31. The van der Waals surface area contributed by atoms with Crippen LogP contribution in [0.25, 0.3) is 0 Å². The molecule has 0 bridgehead atoms. The minimum absolute atomic E-state index is 0.605. The van der Waals surface area contributed by atoms with Crippen LogP contribution in [-0.2, 0) is 0 Å². The summed E-state index contributed by atoms with van der Waals surface area (Å²) in [5.74, 6) is 0.977. The maximum Gasteiger partial charge on any atom is 0.0199 e. The van der Waals surface area contributed by atoms with Gasteiger partial charge in [-0.05, 0) is 26.4 Å². The van der Waals surface area contributed by atoms with Gasteiger partial charge in [-0.2, -0.15) is 0 Å². The first-order valence-corrected chi connectivity index (χ1v) is 6.98. The van der Waals surface area contributed by atoms with E-state index in [1.54, 1.807) is 0 Å². The second-order valence-corrected chi connectivity index (χ2v) is 6.02. The van der Waals surface area contributed by atoms with Crippen molar-refractivity contribution in [3.8, 4) is 0 Å². The number of rotatable bonds is 6. The fraction of sp³-hybridized carbons (Fsp3) is 1.00. The van der Waals surface area contributed by atoms with Crippen LogP contribution in [0.4, 0.5) is 0 Å². The largest absolute Gasteiger partial charge is 0.310 e. The van der Waals surface area contributed by atoms with Gasteiger partial charge in [0, 0.05) is 18.6 Å². The lowest BCUT2D eigenvalue weighted by atomic mass is 9.84. The Morgan fingerprint density at radius 2 is 1.75 bits per heavy atom. The van der Waals surface area contributed by atoms with Crippen LogP contribution in [0.15, 0.2) is 0 Å². The summed E-state index contributed by atoms with van der Waals surface area (Å²) in [6.07, 6.45) is 8.68. The lowest BCUT2D eigenvalue weighted by molar-refractivity contribution is 0.250. The molecule has 0 saturated heterocycles. The van der Waals surface area contributed by atoms with Gasteiger partial charge in [-0.25, -0.2) is 0 Å². The average molecular weight is 226 g/mol. The fourth-order valence-electron chi connectivity index (χ4n) is 2.93. The van der Waals surface area contributed by atoms with Gasteiger partial charge >= 0.3 is 0 Å². The van der Waals surface area contributed by atoms with E-state index in [9.17, 15) is 0 Å². The van der Waals surface area contributed by atoms with E-state index in [2.05, 4.69) is 38.2 Å². The molecule has 1 fully saturated rings. The van der Waals surface area contributed by atoms with Crippen molar-refractivity contribution in [3.05, 3.63) is 0 Å². The van der Waals surface area contributed by atoms with Crippen molar-refractivity contribution in [3.63, 3.8) is 0 Å². The quantitative estimate of drug-likeness (QED) is 0.749. The molecule has 2 heteroatoms. The third kappa shape index (κ3) is 5.86. The van der Waals surface area contributed by atoms with Gasteiger partial charge < -0.3 is 10.2 Å². The maximum atomic E-state index is 3.72. The van der Waals surface area contributed by atoms with Gasteiger partial charge in [-0.3, -0.25) is 0 Å². The van der Waals surface area contributed by atoms with Crippen molar-refractivity contribution in [1.29, 1.82) is 0 Å². The van der Waals surface area contributed by atoms with Crippen LogP contribution in [0.2, 0.25) is 0 Å². The summed E-state index contributed by atoms with van der Waals surface area (Å²) in [6.45, 7) is 5.68. The molecular formula is C14H30N2. The molecule has 1 aliphatic carbocycles. The zero-order valence-electron chi connectivity index (χ0n) is 11.6. The van der Waals surface area contributed by atoms with E-state index >= 15 is 0 Å². The Morgan fingerprint density at radius 3 is 2.25 bits per heavy atom. The van der Waals surface area contributed by atoms with Crippen molar-refractivity contribution < 1.29 is 0 Å². The molecule has 0 amide bonds. The minimum atomic E-state index is 0.605. The lowest BCUT2D eigenvalue weighted by Gasteiger charge is -2.30. The number of nitrogens with one attached hydrogen (secondary N) is 1. The van der Waals surface area contributed by atoms with E-state index in [0.717, 1.165) is 5.92 Å². The Balaban J connectivity index is 2.35. The van der Waals surface area contributed by atoms with Gasteiger partial charge in [0.1, 0.15) is 0 Å². The van der Waals surface area contributed by atoms with E-state index in [4.69, 9.17) is 0 Å². The van der Waals surface area contributed by atoms with Crippen LogP contribution < -0.4 is 5.32 Å². The number of nitrogens with zero attached hydrogens (tertiary/aromatic N) is 1. The van der Waals surface area contributed by atoms with Crippen LogP contribution in [0.3, 0.4) is 0 Å². The summed E-state index contributed by atoms with van der Waals surface area (Å²) in [5.41, 5.74) is 0. The Bertz CT molecular complexity index is 162. The van der Waals surface area contributed by atoms with Gasteiger partial charge in [0.15, 0.2) is 0 Å². The molecule has 1 atom stereocenters. The molecule has 0 unspecified atom stereocenters. The average Bonchev–Trinajstić information content (AvgIpc) is 2.16. The highest BCUT2D eigenvalue weighted by Gasteiger charge is 2.19. The number of hydrogen-bond acceptors (Lipinski definition) is 2. The molecule has 0 aromatic carbocycles. The lowest BCUT2D eigenvalue weighted by Crippen LogP contribution is -2.43. The first-order valence-electron chi connectivity index (χ1n) is 6.98. The van der Waals surface area contributed by atoms with Crippen molar-refractivity contribution >= 4 is 0 Å². The molecule has 1 rings (SSSR count). The molecule has 0 radical (unpaired) electrons. The van der Waals surface area contributed by atoms with E-state index in [1.807, 2.05) is 0 Å². The number of hydrogen-bond donors (Lipinski definition) is 1. The molecule has 0 aromatic heterocycles. The minimum Gasteiger partial charge on any atom is -0.310 e. The molecule has 0 aromatic rings. The smallest absolute Gasteiger partial charge is 0.0199 e. The third-order valence-corrected chi connectivity index (χ3v) is 3.50. The molecule has 1 aliphatic rings. The van der Waals surface area contributed by atoms with Crippen LogP contribution in [0.5, 0.6) is 0 Å². The van der Waals surface area contributed by atoms with Gasteiger partial charge in [-0.15, -0.1) is 0 Å². The second-order valence-electron chi connectivity index (χ2n) is 6.02. The Labute approximate surface area is 102 Å². The standard InChI is InChI=1S/C14H30N2/c1-12(2)15-14(11-16(3)4)10-13-8-6-5-7-9-13/h12-15H,5-11H2,1-4H3/t14-/m0/s1. The summed E-state index contributed by atoms with van der Waals surface area (Å²) >= 11 is 0. The predicted molar refractivity (Wildman–Crippen MR) is 71.8 cm³/mol. The SMILES string of the molecule is CC(C)N[C@@H](CC1CCCCC1)CN(C)C. The monoisotopic (exact) mass is 226 g/mol. The summed E-state index contributed by atoms with van der Waals surface area (Å²) < 4.78 is 0. The molecule has 0 heterocycles. The van der Waals surface area contributed by atoms with Crippen LogP contribution in [-0.4, -0.2) is 37.6 Å². The maximum absolute atomic E-state index is 3.72. The molecular weight excluding hydrogens is 196 g/mol. The van der Waals surface area contributed by atoms with E-state index < -0.39 is 0 Å². The first-order chi connectivity index (χ1) is 7.58. The van der Waals surface area contributed by atoms with Crippen LogP contribution in [0, 0.1) is 5.92 Å². The van der Waals surface area contributed by atoms with Crippen molar-refractivity contribution in [2.24, 2.45) is 5.92 Å². The molecule has 0 spiro atoms. The summed E-state index contributed by atoms with van der Waals surface area (Å²) in [7, 11) is 4.35. The summed E-state index contributed by atoms with van der Waals surface area (Å²) in [6, 6.07) is 1.28. The van der Waals surface area contributed by atoms with Gasteiger partial charge in [0.25, 0.3) is 0 Å². The topological polar surface area (TPSA) is 15.3 Å². The van der Waals surface area contributed by atoms with Crippen molar-refractivity contribution in [2.45, 2.75) is 64.5 Å². The molecule has 2 nitrogen and oxygen atoms in total. The highest BCUT2D eigenvalue weighted by atomic mass is 15.1. The zero-order valence-corrected chi connectivity index (χ0v) is 11.6. The van der Waals surface area contributed by atoms with Gasteiger partial charge in [0.2, 0.25) is 0 Å². The van der Waals surface area contributed by atoms with Crippen molar-refractivity contribution in [2.75, 3.05) is 20.6 Å². The second kappa shape index (κ2) is 7.29. The molecule has 1 saturated carbocycles. The Kier molecular flexibility index (Phi) is 6.37. The fourth-order valence-corrected chi connectivity index (χ4v) is 2.93. The predicted octanol–water partition coefficient (Wildman–Crippen LogP) is 2.89. The van der Waals surface area contributed by atoms with Crippen molar-refractivity contribution in [1.82, 2.24) is 10.2 Å². The molecule has 96 valence electrons. The Morgan fingerprint density at radius 1 is 1.12 bits per heavy atom.